The van der Waals surface area contributed by atoms with Gasteiger partial charge in [-0.05, 0) is 17.7 Å². The molecule has 0 saturated heterocycles. The van der Waals surface area contributed by atoms with Crippen LogP contribution in [0.3, 0.4) is 0 Å². The first kappa shape index (κ1) is 19.8. The molecule has 0 aliphatic carbocycles. The number of pyridine rings is 1. The van der Waals surface area contributed by atoms with Crippen molar-refractivity contribution in [3.8, 4) is 0 Å². The molecule has 0 unspecified atom stereocenters. The van der Waals surface area contributed by atoms with Crippen molar-refractivity contribution in [2.24, 2.45) is 5.10 Å². The van der Waals surface area contributed by atoms with E-state index in [4.69, 9.17) is 9.47 Å². The Bertz CT molecular complexity index is 796. The molecule has 8 heteroatoms. The van der Waals surface area contributed by atoms with E-state index < -0.39 is 6.29 Å². The Morgan fingerprint density at radius 2 is 1.93 bits per heavy atom. The van der Waals surface area contributed by atoms with E-state index in [9.17, 15) is 4.79 Å². The normalized spacial score (nSPS) is 16.2. The van der Waals surface area contributed by atoms with Gasteiger partial charge in [-0.2, -0.15) is 5.10 Å². The topological polar surface area (TPSA) is 79.3 Å². The maximum absolute atomic E-state index is 12.5. The number of urea groups is 1. The zero-order valence-electron chi connectivity index (χ0n) is 16.3. The third-order valence-corrected chi connectivity index (χ3v) is 4.53. The quantitative estimate of drug-likeness (QED) is 0.776. The first-order chi connectivity index (χ1) is 13.6. The van der Waals surface area contributed by atoms with Crippen molar-refractivity contribution in [2.45, 2.75) is 18.8 Å². The fourth-order valence-corrected chi connectivity index (χ4v) is 2.99. The third-order valence-electron chi connectivity index (χ3n) is 4.53. The Labute approximate surface area is 164 Å². The molecule has 1 N–H and O–H groups in total. The number of carbonyl (C=O) groups is 1. The molecule has 148 valence electrons. The van der Waals surface area contributed by atoms with Crippen LogP contribution in [0.2, 0.25) is 0 Å². The van der Waals surface area contributed by atoms with E-state index in [1.807, 2.05) is 41.4 Å². The lowest BCUT2D eigenvalue weighted by molar-refractivity contribution is -0.109. The number of methoxy groups -OCH3 is 2. The largest absolute Gasteiger partial charge is 0.354 e. The van der Waals surface area contributed by atoms with Gasteiger partial charge in [0.1, 0.15) is 11.7 Å². The van der Waals surface area contributed by atoms with E-state index in [1.165, 1.54) is 19.1 Å². The van der Waals surface area contributed by atoms with Crippen LogP contribution in [-0.2, 0) is 9.47 Å². The predicted molar refractivity (Wildman–Crippen MR) is 107 cm³/mol. The van der Waals surface area contributed by atoms with Gasteiger partial charge in [-0.25, -0.2) is 14.8 Å². The molecule has 0 bridgehead atoms. The van der Waals surface area contributed by atoms with Crippen LogP contribution < -0.4 is 10.3 Å². The Morgan fingerprint density at radius 1 is 1.21 bits per heavy atom. The average Bonchev–Trinajstić information content (AvgIpc) is 3.16. The smallest absolute Gasteiger partial charge is 0.322 e. The highest BCUT2D eigenvalue weighted by molar-refractivity contribution is 5.99. The molecule has 1 aliphatic rings. The van der Waals surface area contributed by atoms with Gasteiger partial charge in [0.25, 0.3) is 0 Å². The minimum atomic E-state index is -0.483. The summed E-state index contributed by atoms with van der Waals surface area (Å²) < 4.78 is 10.3. The number of hydrogen-bond acceptors (Lipinski definition) is 6. The predicted octanol–water partition coefficient (Wildman–Crippen LogP) is 2.61. The van der Waals surface area contributed by atoms with E-state index in [1.54, 1.807) is 13.2 Å². The summed E-state index contributed by atoms with van der Waals surface area (Å²) in [5, 5.41) is 9.36. The number of ether oxygens (including phenoxy) is 2. The van der Waals surface area contributed by atoms with Crippen molar-refractivity contribution in [3.05, 3.63) is 60.3 Å². The number of amidine groups is 1. The molecule has 1 aromatic carbocycles. The summed E-state index contributed by atoms with van der Waals surface area (Å²) in [6.07, 6.45) is 1.81. The molecule has 2 amide bonds. The second-order valence-corrected chi connectivity index (χ2v) is 6.42. The van der Waals surface area contributed by atoms with Crippen LogP contribution in [0.4, 0.5) is 10.6 Å². The number of anilines is 1. The minimum absolute atomic E-state index is 0.0394. The van der Waals surface area contributed by atoms with Crippen LogP contribution >= 0.6 is 0 Å². The van der Waals surface area contributed by atoms with Gasteiger partial charge in [0.15, 0.2) is 6.29 Å². The lowest BCUT2D eigenvalue weighted by atomic mass is 10.0. The minimum Gasteiger partial charge on any atom is -0.354 e. The van der Waals surface area contributed by atoms with Crippen LogP contribution in [0.1, 0.15) is 18.0 Å². The van der Waals surface area contributed by atoms with Crippen molar-refractivity contribution < 1.29 is 14.3 Å². The van der Waals surface area contributed by atoms with E-state index >= 15 is 0 Å². The summed E-state index contributed by atoms with van der Waals surface area (Å²) in [4.78, 5) is 18.5. The first-order valence-electron chi connectivity index (χ1n) is 9.02. The number of benzene rings is 1. The summed E-state index contributed by atoms with van der Waals surface area (Å²) >= 11 is 0. The maximum Gasteiger partial charge on any atom is 0.322 e. The van der Waals surface area contributed by atoms with Gasteiger partial charge in [0.05, 0.1) is 12.6 Å². The zero-order valence-corrected chi connectivity index (χ0v) is 16.3. The van der Waals surface area contributed by atoms with E-state index in [-0.39, 0.29) is 12.1 Å². The van der Waals surface area contributed by atoms with Gasteiger partial charge in [0, 0.05) is 33.9 Å². The summed E-state index contributed by atoms with van der Waals surface area (Å²) in [5.74, 6) is 1.32. The van der Waals surface area contributed by atoms with Crippen LogP contribution in [0, 0.1) is 0 Å². The van der Waals surface area contributed by atoms with Crippen molar-refractivity contribution in [1.82, 2.24) is 15.2 Å². The van der Waals surface area contributed by atoms with Gasteiger partial charge in [-0.1, -0.05) is 36.4 Å². The number of hydrazone groups is 1. The molecule has 2 heterocycles. The highest BCUT2D eigenvalue weighted by Crippen LogP contribution is 2.33. The number of nitrogens with zero attached hydrogens (tertiary/aromatic N) is 4. The van der Waals surface area contributed by atoms with Crippen molar-refractivity contribution in [3.63, 3.8) is 0 Å². The Balaban J connectivity index is 1.75. The number of carbonyl (C=O) groups excluding carboxylic acids is 1. The standard InChI is InChI=1S/C20H25N5O3/c1-24(14-19(27-2)28-3)20(26)22-17-13-16(15-9-5-4-6-10-15)25(23-17)18-11-7-8-12-21-18/h4-12,16,19H,13-14H2,1-3H3,(H,22,23,26)/t16-/m0/s1. The van der Waals surface area contributed by atoms with Crippen molar-refractivity contribution >= 4 is 17.7 Å². The SMILES string of the molecule is COC(CN(C)C(=O)NC1=NN(c2ccccn2)[C@H](c2ccccc2)C1)OC. The van der Waals surface area contributed by atoms with Crippen LogP contribution in [-0.4, -0.2) is 55.9 Å². The number of likely N-dealkylation sites (N-methyl/N-ethyl adjacent to an activating group) is 1. The molecule has 2 aromatic rings. The van der Waals surface area contributed by atoms with Gasteiger partial charge in [-0.15, -0.1) is 0 Å². The molecule has 0 fully saturated rings. The molecule has 1 aliphatic heterocycles. The molecular formula is C20H25N5O3. The molecule has 1 atom stereocenters. The van der Waals surface area contributed by atoms with Gasteiger partial charge < -0.3 is 14.4 Å². The monoisotopic (exact) mass is 383 g/mol. The Kier molecular flexibility index (Phi) is 6.57. The fourth-order valence-electron chi connectivity index (χ4n) is 2.99. The van der Waals surface area contributed by atoms with Gasteiger partial charge in [0.2, 0.25) is 0 Å². The zero-order chi connectivity index (χ0) is 19.9. The van der Waals surface area contributed by atoms with Gasteiger partial charge in [-0.3, -0.25) is 5.32 Å². The van der Waals surface area contributed by atoms with E-state index in [0.717, 1.165) is 11.4 Å². The highest BCUT2D eigenvalue weighted by atomic mass is 16.7. The summed E-state index contributed by atoms with van der Waals surface area (Å²) in [7, 11) is 4.76. The molecule has 0 saturated carbocycles. The van der Waals surface area contributed by atoms with Crippen LogP contribution in [0.25, 0.3) is 0 Å². The lowest BCUT2D eigenvalue weighted by Crippen LogP contribution is -2.44. The van der Waals surface area contributed by atoms with Crippen molar-refractivity contribution in [1.29, 1.82) is 0 Å². The molecule has 0 radical (unpaired) electrons. The molecule has 0 spiro atoms. The highest BCUT2D eigenvalue weighted by Gasteiger charge is 2.31. The first-order valence-corrected chi connectivity index (χ1v) is 9.02. The number of aromatic nitrogens is 1. The second-order valence-electron chi connectivity index (χ2n) is 6.42. The number of hydrogen-bond donors (Lipinski definition) is 1. The van der Waals surface area contributed by atoms with Crippen LogP contribution in [0.15, 0.2) is 59.8 Å². The number of amides is 2. The Hall–Kier alpha value is -2.97. The fraction of sp³-hybridized carbons (Fsp3) is 0.350. The van der Waals surface area contributed by atoms with E-state index in [0.29, 0.717) is 18.8 Å². The number of rotatable bonds is 6. The maximum atomic E-state index is 12.5. The summed E-state index contributed by atoms with van der Waals surface area (Å²) in [5.41, 5.74) is 1.10. The molecule has 1 aromatic heterocycles. The lowest BCUT2D eigenvalue weighted by Gasteiger charge is -2.22. The third kappa shape index (κ3) is 4.65. The van der Waals surface area contributed by atoms with Crippen LogP contribution in [0.5, 0.6) is 0 Å². The summed E-state index contributed by atoms with van der Waals surface area (Å²) in [6.45, 7) is 0.304. The molecule has 8 nitrogen and oxygen atoms in total. The summed E-state index contributed by atoms with van der Waals surface area (Å²) in [6, 6.07) is 15.4. The second kappa shape index (κ2) is 9.29. The Morgan fingerprint density at radius 3 is 2.57 bits per heavy atom. The van der Waals surface area contributed by atoms with Gasteiger partial charge >= 0.3 is 6.03 Å². The van der Waals surface area contributed by atoms with E-state index in [2.05, 4.69) is 27.5 Å². The number of nitrogens with one attached hydrogen (secondary N) is 1. The molecule has 28 heavy (non-hydrogen) atoms. The molecular weight excluding hydrogens is 358 g/mol. The molecule has 3 rings (SSSR count). The average molecular weight is 383 g/mol. The van der Waals surface area contributed by atoms with Crippen molar-refractivity contribution in [2.75, 3.05) is 32.8 Å².